The van der Waals surface area contributed by atoms with Crippen molar-refractivity contribution in [1.82, 2.24) is 9.55 Å². The molecule has 5 atom stereocenters. The zero-order chi connectivity index (χ0) is 19.1. The highest BCUT2D eigenvalue weighted by Crippen LogP contribution is 2.34. The van der Waals surface area contributed by atoms with Crippen molar-refractivity contribution in [3.05, 3.63) is 54.4 Å². The van der Waals surface area contributed by atoms with Crippen LogP contribution in [0, 0.1) is 0 Å². The second kappa shape index (κ2) is 7.03. The Morgan fingerprint density at radius 2 is 1.89 bits per heavy atom. The molecule has 7 nitrogen and oxygen atoms in total. The Morgan fingerprint density at radius 1 is 1.11 bits per heavy atom. The Balaban J connectivity index is 1.69. The molecule has 142 valence electrons. The minimum atomic E-state index is -1.17. The van der Waals surface area contributed by atoms with Crippen molar-refractivity contribution in [2.45, 2.75) is 30.5 Å². The maximum atomic E-state index is 10.4. The highest BCUT2D eigenvalue weighted by Gasteiger charge is 2.42. The summed E-state index contributed by atoms with van der Waals surface area (Å²) in [5, 5.41) is 30.1. The van der Waals surface area contributed by atoms with Gasteiger partial charge in [0.25, 0.3) is 0 Å². The molecule has 1 saturated heterocycles. The smallest absolute Gasteiger partial charge is 0.112 e. The van der Waals surface area contributed by atoms with Crippen LogP contribution in [-0.4, -0.2) is 55.8 Å². The third-order valence-electron chi connectivity index (χ3n) is 5.26. The van der Waals surface area contributed by atoms with Gasteiger partial charge < -0.3 is 30.4 Å². The third-order valence-corrected chi connectivity index (χ3v) is 5.26. The van der Waals surface area contributed by atoms with E-state index in [1.807, 2.05) is 54.1 Å². The number of hydrogen-bond donors (Lipinski definition) is 4. The second-order valence-electron chi connectivity index (χ2n) is 7.02. The van der Waals surface area contributed by atoms with Crippen LogP contribution in [0.1, 0.15) is 11.7 Å². The van der Waals surface area contributed by atoms with Gasteiger partial charge in [0, 0.05) is 7.05 Å². The predicted molar refractivity (Wildman–Crippen MR) is 101 cm³/mol. The summed E-state index contributed by atoms with van der Waals surface area (Å²) in [4.78, 5) is 4.39. The summed E-state index contributed by atoms with van der Waals surface area (Å²) >= 11 is 0. The van der Waals surface area contributed by atoms with E-state index in [9.17, 15) is 15.3 Å². The molecule has 0 unspecified atom stereocenters. The number of nitrogens with zero attached hydrogens (tertiary/aromatic N) is 2. The lowest BCUT2D eigenvalue weighted by Crippen LogP contribution is -2.59. The van der Waals surface area contributed by atoms with Crippen LogP contribution in [0.25, 0.3) is 22.2 Å². The number of hydrogen-bond acceptors (Lipinski definition) is 6. The fourth-order valence-electron chi connectivity index (χ4n) is 3.64. The molecule has 1 aliphatic rings. The number of aryl methyl sites for hydroxylation is 1. The van der Waals surface area contributed by atoms with Crippen molar-refractivity contribution in [3.63, 3.8) is 0 Å². The average Bonchev–Trinajstić information content (AvgIpc) is 3.07. The monoisotopic (exact) mass is 369 g/mol. The Hall–Kier alpha value is -2.29. The normalized spacial score (nSPS) is 28.6. The molecular weight excluding hydrogens is 346 g/mol. The zero-order valence-corrected chi connectivity index (χ0v) is 14.9. The van der Waals surface area contributed by atoms with E-state index < -0.39 is 30.5 Å². The highest BCUT2D eigenvalue weighted by molar-refractivity contribution is 5.82. The average molecular weight is 369 g/mol. The second-order valence-corrected chi connectivity index (χ2v) is 7.02. The molecule has 3 aromatic rings. The minimum Gasteiger partial charge on any atom is -0.394 e. The fraction of sp³-hybridized carbons (Fsp3) is 0.350. The number of aliphatic hydroxyl groups is 3. The summed E-state index contributed by atoms with van der Waals surface area (Å²) < 4.78 is 7.74. The van der Waals surface area contributed by atoms with E-state index >= 15 is 0 Å². The van der Waals surface area contributed by atoms with Gasteiger partial charge in [0.2, 0.25) is 0 Å². The van der Waals surface area contributed by atoms with Crippen LogP contribution in [0.4, 0.5) is 0 Å². The van der Waals surface area contributed by atoms with Gasteiger partial charge in [-0.1, -0.05) is 24.3 Å². The Morgan fingerprint density at radius 3 is 2.67 bits per heavy atom. The van der Waals surface area contributed by atoms with Gasteiger partial charge in [-0.2, -0.15) is 0 Å². The Kier molecular flexibility index (Phi) is 4.71. The van der Waals surface area contributed by atoms with Gasteiger partial charge in [-0.05, 0) is 34.9 Å². The van der Waals surface area contributed by atoms with E-state index in [2.05, 4.69) is 4.98 Å². The van der Waals surface area contributed by atoms with Crippen molar-refractivity contribution < 1.29 is 20.1 Å². The van der Waals surface area contributed by atoms with Gasteiger partial charge in [0.1, 0.15) is 18.3 Å². The topological polar surface area (TPSA) is 114 Å². The molecule has 7 heteroatoms. The molecule has 1 aliphatic heterocycles. The van der Waals surface area contributed by atoms with Crippen molar-refractivity contribution in [2.75, 3.05) is 6.61 Å². The standard InChI is InChI=1S/C20H23N3O4/c1-23-10-22-14-8-12(5-6-15(14)23)11-3-2-4-13(7-11)20-19(26)18(25)17(21)16(9-24)27-20/h2-8,10,16-20,24-26H,9,21H2,1H3/t16-,17-,18+,19+,20-/m1/s1. The van der Waals surface area contributed by atoms with Crippen molar-refractivity contribution >= 4 is 11.0 Å². The fourth-order valence-corrected chi connectivity index (χ4v) is 3.64. The lowest BCUT2D eigenvalue weighted by Gasteiger charge is -2.41. The van der Waals surface area contributed by atoms with Crippen LogP contribution < -0.4 is 5.73 Å². The van der Waals surface area contributed by atoms with Crippen LogP contribution in [0.15, 0.2) is 48.8 Å². The highest BCUT2D eigenvalue weighted by atomic mass is 16.5. The molecule has 0 radical (unpaired) electrons. The third kappa shape index (κ3) is 3.13. The van der Waals surface area contributed by atoms with Crippen LogP contribution in [0.5, 0.6) is 0 Å². The lowest BCUT2D eigenvalue weighted by molar-refractivity contribution is -0.189. The largest absolute Gasteiger partial charge is 0.394 e. The molecule has 27 heavy (non-hydrogen) atoms. The van der Waals surface area contributed by atoms with Gasteiger partial charge in [-0.15, -0.1) is 0 Å². The lowest BCUT2D eigenvalue weighted by atomic mass is 9.89. The van der Waals surface area contributed by atoms with E-state index in [0.29, 0.717) is 5.56 Å². The number of aliphatic hydroxyl groups excluding tert-OH is 3. The van der Waals surface area contributed by atoms with Gasteiger partial charge in [-0.3, -0.25) is 0 Å². The number of imidazole rings is 1. The first kappa shape index (κ1) is 18.1. The first-order chi connectivity index (χ1) is 13.0. The summed E-state index contributed by atoms with van der Waals surface area (Å²) in [5.74, 6) is 0. The molecular formula is C20H23N3O4. The van der Waals surface area contributed by atoms with Crippen LogP contribution in [0.3, 0.4) is 0 Å². The SMILES string of the molecule is Cn1cnc2cc(-c3cccc([C@H]4O[C@H](CO)[C@@H](N)[C@H](O)[C@@H]4O)c3)ccc21. The van der Waals surface area contributed by atoms with Gasteiger partial charge in [0.15, 0.2) is 0 Å². The summed E-state index contributed by atoms with van der Waals surface area (Å²) in [6.07, 6.45) is -2.07. The summed E-state index contributed by atoms with van der Waals surface area (Å²) in [5.41, 5.74) is 10.4. The number of benzene rings is 2. The zero-order valence-electron chi connectivity index (χ0n) is 14.9. The number of ether oxygens (including phenoxy) is 1. The molecule has 1 aromatic heterocycles. The molecule has 0 amide bonds. The van der Waals surface area contributed by atoms with Crippen molar-refractivity contribution in [1.29, 1.82) is 0 Å². The molecule has 0 aliphatic carbocycles. The molecule has 0 saturated carbocycles. The molecule has 5 N–H and O–H groups in total. The Bertz CT molecular complexity index is 955. The Labute approximate surface area is 156 Å². The van der Waals surface area contributed by atoms with E-state index in [1.165, 1.54) is 0 Å². The van der Waals surface area contributed by atoms with Crippen LogP contribution in [-0.2, 0) is 11.8 Å². The van der Waals surface area contributed by atoms with Gasteiger partial charge in [0.05, 0.1) is 36.1 Å². The van der Waals surface area contributed by atoms with Gasteiger partial charge in [-0.25, -0.2) is 4.98 Å². The quantitative estimate of drug-likeness (QED) is 0.541. The van der Waals surface area contributed by atoms with Gasteiger partial charge >= 0.3 is 0 Å². The first-order valence-corrected chi connectivity index (χ1v) is 8.89. The minimum absolute atomic E-state index is 0.322. The van der Waals surface area contributed by atoms with E-state index in [1.54, 1.807) is 6.33 Å². The predicted octanol–water partition coefficient (Wildman–Crippen LogP) is 0.722. The molecule has 1 fully saturated rings. The van der Waals surface area contributed by atoms with Crippen LogP contribution >= 0.6 is 0 Å². The number of nitrogens with two attached hydrogens (primary N) is 1. The van der Waals surface area contributed by atoms with Crippen molar-refractivity contribution in [3.8, 4) is 11.1 Å². The molecule has 0 spiro atoms. The molecule has 2 aromatic carbocycles. The van der Waals surface area contributed by atoms with Crippen molar-refractivity contribution in [2.24, 2.45) is 12.8 Å². The summed E-state index contributed by atoms with van der Waals surface area (Å²) in [7, 11) is 1.95. The maximum Gasteiger partial charge on any atom is 0.112 e. The number of fused-ring (bicyclic) bond motifs is 1. The molecule has 4 rings (SSSR count). The van der Waals surface area contributed by atoms with E-state index in [0.717, 1.165) is 22.2 Å². The number of aromatic nitrogens is 2. The van der Waals surface area contributed by atoms with E-state index in [-0.39, 0.29) is 6.61 Å². The summed E-state index contributed by atoms with van der Waals surface area (Å²) in [6.45, 7) is -0.322. The van der Waals surface area contributed by atoms with Crippen LogP contribution in [0.2, 0.25) is 0 Å². The van der Waals surface area contributed by atoms with E-state index in [4.69, 9.17) is 10.5 Å². The first-order valence-electron chi connectivity index (χ1n) is 8.89. The molecule has 0 bridgehead atoms. The summed E-state index contributed by atoms with van der Waals surface area (Å²) in [6, 6.07) is 12.8. The number of rotatable bonds is 3. The maximum absolute atomic E-state index is 10.4. The molecule has 2 heterocycles.